The number of aromatic nitrogens is 2. The number of amides is 1. The van der Waals surface area contributed by atoms with Gasteiger partial charge in [-0.1, -0.05) is 24.3 Å². The van der Waals surface area contributed by atoms with E-state index in [1.165, 1.54) is 13.1 Å². The summed E-state index contributed by atoms with van der Waals surface area (Å²) < 4.78 is 5.24. The molecule has 0 aliphatic rings. The van der Waals surface area contributed by atoms with Gasteiger partial charge >= 0.3 is 5.97 Å². The molecule has 3 aromatic rings. The van der Waals surface area contributed by atoms with Crippen LogP contribution in [0.2, 0.25) is 0 Å². The van der Waals surface area contributed by atoms with Gasteiger partial charge in [0.2, 0.25) is 0 Å². The van der Waals surface area contributed by atoms with Gasteiger partial charge in [0.15, 0.2) is 11.8 Å². The molecule has 0 bridgehead atoms. The van der Waals surface area contributed by atoms with Crippen LogP contribution in [-0.2, 0) is 9.53 Å². The average molecular weight is 349 g/mol. The molecule has 1 heterocycles. The number of benzene rings is 2. The third-order valence-electron chi connectivity index (χ3n) is 3.96. The second-order valence-electron chi connectivity index (χ2n) is 6.10. The van der Waals surface area contributed by atoms with Gasteiger partial charge in [-0.3, -0.25) is 9.78 Å². The number of nitrogens with zero attached hydrogens (tertiary/aromatic N) is 2. The number of aryl methyl sites for hydroxylation is 2. The molecule has 0 radical (unpaired) electrons. The molecule has 2 aromatic carbocycles. The topological polar surface area (TPSA) is 81.2 Å². The first kappa shape index (κ1) is 17.5. The Hall–Kier alpha value is -3.28. The van der Waals surface area contributed by atoms with Crippen LogP contribution in [0.1, 0.15) is 28.5 Å². The number of rotatable bonds is 4. The van der Waals surface area contributed by atoms with Crippen LogP contribution in [0.3, 0.4) is 0 Å². The van der Waals surface area contributed by atoms with Crippen molar-refractivity contribution in [2.75, 3.05) is 5.32 Å². The molecule has 6 heteroatoms. The van der Waals surface area contributed by atoms with Crippen molar-refractivity contribution < 1.29 is 14.3 Å². The molecule has 6 nitrogen and oxygen atoms in total. The van der Waals surface area contributed by atoms with Gasteiger partial charge in [-0.15, -0.1) is 0 Å². The van der Waals surface area contributed by atoms with Gasteiger partial charge in [-0.2, -0.15) is 0 Å². The molecule has 1 unspecified atom stereocenters. The second kappa shape index (κ2) is 7.31. The minimum atomic E-state index is -0.962. The van der Waals surface area contributed by atoms with Crippen molar-refractivity contribution >= 4 is 28.6 Å². The van der Waals surface area contributed by atoms with Gasteiger partial charge in [0.25, 0.3) is 5.91 Å². The number of fused-ring (bicyclic) bond motifs is 1. The first-order valence-electron chi connectivity index (χ1n) is 8.25. The number of ether oxygens (including phenoxy) is 1. The Morgan fingerprint density at radius 1 is 1.08 bits per heavy atom. The van der Waals surface area contributed by atoms with E-state index in [0.717, 1.165) is 11.1 Å². The van der Waals surface area contributed by atoms with Crippen LogP contribution in [0.4, 0.5) is 5.69 Å². The van der Waals surface area contributed by atoms with Crippen LogP contribution in [0, 0.1) is 13.8 Å². The lowest BCUT2D eigenvalue weighted by Crippen LogP contribution is -2.30. The van der Waals surface area contributed by atoms with E-state index in [1.807, 2.05) is 44.2 Å². The smallest absolute Gasteiger partial charge is 0.359 e. The summed E-state index contributed by atoms with van der Waals surface area (Å²) in [5, 5.41) is 2.79. The Bertz CT molecular complexity index is 985. The quantitative estimate of drug-likeness (QED) is 0.730. The molecular formula is C20H19N3O3. The lowest BCUT2D eigenvalue weighted by atomic mass is 10.1. The third-order valence-corrected chi connectivity index (χ3v) is 3.96. The Morgan fingerprint density at radius 3 is 2.58 bits per heavy atom. The number of hydrogen-bond acceptors (Lipinski definition) is 5. The molecule has 1 atom stereocenters. The number of nitrogens with one attached hydrogen (secondary N) is 1. The van der Waals surface area contributed by atoms with Gasteiger partial charge in [0.1, 0.15) is 0 Å². The van der Waals surface area contributed by atoms with E-state index in [9.17, 15) is 9.59 Å². The van der Waals surface area contributed by atoms with E-state index >= 15 is 0 Å². The Labute approximate surface area is 151 Å². The van der Waals surface area contributed by atoms with Crippen molar-refractivity contribution in [3.05, 3.63) is 65.5 Å². The molecule has 1 aromatic heterocycles. The summed E-state index contributed by atoms with van der Waals surface area (Å²) in [6, 6.07) is 13.0. The summed E-state index contributed by atoms with van der Waals surface area (Å²) in [6.45, 7) is 5.36. The fourth-order valence-corrected chi connectivity index (χ4v) is 2.43. The lowest BCUT2D eigenvalue weighted by Gasteiger charge is -2.15. The van der Waals surface area contributed by atoms with Crippen LogP contribution in [0.25, 0.3) is 11.0 Å². The van der Waals surface area contributed by atoms with Crippen molar-refractivity contribution in [2.45, 2.75) is 26.9 Å². The van der Waals surface area contributed by atoms with Crippen molar-refractivity contribution in [1.29, 1.82) is 0 Å². The predicted molar refractivity (Wildman–Crippen MR) is 99.0 cm³/mol. The standard InChI is InChI=1S/C20H19N3O3/c1-12-8-9-13(2)17(10-12)23-19(24)14(3)26-20(25)18-11-21-15-6-4-5-7-16(15)22-18/h4-11,14H,1-3H3,(H,23,24). The molecule has 0 aliphatic heterocycles. The number of hydrogen-bond donors (Lipinski definition) is 1. The molecule has 0 saturated carbocycles. The summed E-state index contributed by atoms with van der Waals surface area (Å²) >= 11 is 0. The van der Waals surface area contributed by atoms with Gasteiger partial charge in [0, 0.05) is 5.69 Å². The minimum Gasteiger partial charge on any atom is -0.448 e. The van der Waals surface area contributed by atoms with Crippen LogP contribution in [0.15, 0.2) is 48.7 Å². The SMILES string of the molecule is Cc1ccc(C)c(NC(=O)C(C)OC(=O)c2cnc3ccccc3n2)c1. The van der Waals surface area contributed by atoms with Gasteiger partial charge in [0.05, 0.1) is 17.2 Å². The molecule has 132 valence electrons. The number of carbonyl (C=O) groups excluding carboxylic acids is 2. The molecular weight excluding hydrogens is 330 g/mol. The molecule has 0 aliphatic carbocycles. The highest BCUT2D eigenvalue weighted by Crippen LogP contribution is 2.17. The number of esters is 1. The van der Waals surface area contributed by atoms with Gasteiger partial charge in [-0.05, 0) is 50.1 Å². The summed E-state index contributed by atoms with van der Waals surface area (Å²) in [5.41, 5.74) is 4.00. The summed E-state index contributed by atoms with van der Waals surface area (Å²) in [5.74, 6) is -1.09. The van der Waals surface area contributed by atoms with Crippen LogP contribution in [-0.4, -0.2) is 27.9 Å². The van der Waals surface area contributed by atoms with E-state index in [2.05, 4.69) is 15.3 Å². The zero-order valence-electron chi connectivity index (χ0n) is 14.8. The molecule has 26 heavy (non-hydrogen) atoms. The summed E-state index contributed by atoms with van der Waals surface area (Å²) in [7, 11) is 0. The Morgan fingerprint density at radius 2 is 1.81 bits per heavy atom. The van der Waals surface area contributed by atoms with E-state index in [-0.39, 0.29) is 5.69 Å². The third kappa shape index (κ3) is 3.85. The average Bonchev–Trinajstić information content (AvgIpc) is 2.64. The second-order valence-corrected chi connectivity index (χ2v) is 6.10. The monoisotopic (exact) mass is 349 g/mol. The van der Waals surface area contributed by atoms with Crippen molar-refractivity contribution in [2.24, 2.45) is 0 Å². The van der Waals surface area contributed by atoms with Crippen LogP contribution < -0.4 is 5.32 Å². The molecule has 3 rings (SSSR count). The van der Waals surface area contributed by atoms with Crippen molar-refractivity contribution in [1.82, 2.24) is 9.97 Å². The fourth-order valence-electron chi connectivity index (χ4n) is 2.43. The summed E-state index contributed by atoms with van der Waals surface area (Å²) in [4.78, 5) is 33.0. The van der Waals surface area contributed by atoms with Crippen molar-refractivity contribution in [3.8, 4) is 0 Å². The highest BCUT2D eigenvalue weighted by molar-refractivity contribution is 5.97. The number of para-hydroxylation sites is 2. The van der Waals surface area contributed by atoms with Crippen molar-refractivity contribution in [3.63, 3.8) is 0 Å². The highest BCUT2D eigenvalue weighted by Gasteiger charge is 2.21. The summed E-state index contributed by atoms with van der Waals surface area (Å²) in [6.07, 6.45) is 0.385. The normalized spacial score (nSPS) is 11.8. The zero-order valence-corrected chi connectivity index (χ0v) is 14.8. The van der Waals surface area contributed by atoms with Gasteiger partial charge < -0.3 is 10.1 Å². The molecule has 1 amide bonds. The Kier molecular flexibility index (Phi) is 4.93. The lowest BCUT2D eigenvalue weighted by molar-refractivity contribution is -0.123. The molecule has 0 spiro atoms. The number of anilines is 1. The largest absolute Gasteiger partial charge is 0.448 e. The zero-order chi connectivity index (χ0) is 18.7. The van der Waals surface area contributed by atoms with Crippen LogP contribution in [0.5, 0.6) is 0 Å². The Balaban J connectivity index is 1.69. The van der Waals surface area contributed by atoms with E-state index < -0.39 is 18.0 Å². The first-order chi connectivity index (χ1) is 12.4. The van der Waals surface area contributed by atoms with Gasteiger partial charge in [-0.25, -0.2) is 9.78 Å². The van der Waals surface area contributed by atoms with Crippen LogP contribution >= 0.6 is 0 Å². The molecule has 0 saturated heterocycles. The maximum atomic E-state index is 12.3. The van der Waals surface area contributed by atoms with E-state index in [4.69, 9.17) is 4.74 Å². The first-order valence-corrected chi connectivity index (χ1v) is 8.25. The van der Waals surface area contributed by atoms with E-state index in [1.54, 1.807) is 12.1 Å². The number of carbonyl (C=O) groups is 2. The minimum absolute atomic E-state index is 0.0649. The maximum Gasteiger partial charge on any atom is 0.359 e. The fraction of sp³-hybridized carbons (Fsp3) is 0.200. The predicted octanol–water partition coefficient (Wildman–Crippen LogP) is 3.43. The molecule has 0 fully saturated rings. The maximum absolute atomic E-state index is 12.3. The molecule has 1 N–H and O–H groups in total. The van der Waals surface area contributed by atoms with E-state index in [0.29, 0.717) is 16.7 Å². The highest BCUT2D eigenvalue weighted by atomic mass is 16.5.